The topological polar surface area (TPSA) is 90.5 Å². The molecule has 0 bridgehead atoms. The predicted octanol–water partition coefficient (Wildman–Crippen LogP) is 1.74. The first-order valence-electron chi connectivity index (χ1n) is 9.15. The van der Waals surface area contributed by atoms with E-state index < -0.39 is 11.6 Å². The fourth-order valence-corrected chi connectivity index (χ4v) is 3.47. The molecule has 140 valence electrons. The number of nitrogens with zero attached hydrogens (tertiary/aromatic N) is 1. The summed E-state index contributed by atoms with van der Waals surface area (Å²) in [7, 11) is 0. The fraction of sp³-hybridized carbons (Fsp3) is 0.526. The van der Waals surface area contributed by atoms with Crippen LogP contribution in [-0.4, -0.2) is 48.0 Å². The summed E-state index contributed by atoms with van der Waals surface area (Å²) in [6.45, 7) is 5.79. The van der Waals surface area contributed by atoms with Gasteiger partial charge in [-0.25, -0.2) is 9.59 Å². The van der Waals surface area contributed by atoms with Gasteiger partial charge in [-0.2, -0.15) is 0 Å². The first-order chi connectivity index (χ1) is 12.4. The number of amides is 5. The lowest BCUT2D eigenvalue weighted by atomic mass is 9.88. The Balaban J connectivity index is 1.43. The molecule has 3 rings (SSSR count). The second-order valence-corrected chi connectivity index (χ2v) is 7.36. The quantitative estimate of drug-likeness (QED) is 0.716. The van der Waals surface area contributed by atoms with E-state index in [9.17, 15) is 14.4 Å². The van der Waals surface area contributed by atoms with E-state index in [0.717, 1.165) is 6.42 Å². The molecule has 1 spiro atoms. The highest BCUT2D eigenvalue weighted by atomic mass is 16.2. The van der Waals surface area contributed by atoms with Gasteiger partial charge in [0, 0.05) is 19.6 Å². The zero-order chi connectivity index (χ0) is 18.7. The number of benzene rings is 1. The largest absolute Gasteiger partial charge is 0.338 e. The second-order valence-electron chi connectivity index (χ2n) is 7.36. The van der Waals surface area contributed by atoms with Crippen molar-refractivity contribution in [2.45, 2.75) is 44.6 Å². The lowest BCUT2D eigenvalue weighted by molar-refractivity contribution is -0.125. The monoisotopic (exact) mass is 358 g/mol. The first kappa shape index (κ1) is 18.2. The van der Waals surface area contributed by atoms with Crippen molar-refractivity contribution in [3.63, 3.8) is 0 Å². The zero-order valence-electron chi connectivity index (χ0n) is 15.3. The number of rotatable bonds is 4. The summed E-state index contributed by atoms with van der Waals surface area (Å²) in [5.41, 5.74) is 1.66. The second kappa shape index (κ2) is 7.35. The van der Waals surface area contributed by atoms with E-state index in [1.807, 2.05) is 0 Å². The maximum atomic E-state index is 12.3. The number of urea groups is 2. The van der Waals surface area contributed by atoms with E-state index in [1.54, 1.807) is 4.90 Å². The number of imide groups is 1. The Labute approximate surface area is 153 Å². The van der Waals surface area contributed by atoms with Crippen LogP contribution in [0.4, 0.5) is 9.59 Å². The Morgan fingerprint density at radius 2 is 1.85 bits per heavy atom. The van der Waals surface area contributed by atoms with E-state index in [0.29, 0.717) is 38.4 Å². The highest BCUT2D eigenvalue weighted by Crippen LogP contribution is 2.25. The minimum Gasteiger partial charge on any atom is -0.338 e. The molecule has 7 heteroatoms. The molecule has 1 aromatic rings. The van der Waals surface area contributed by atoms with Gasteiger partial charge in [0.2, 0.25) is 0 Å². The van der Waals surface area contributed by atoms with Crippen LogP contribution in [-0.2, 0) is 11.2 Å². The van der Waals surface area contributed by atoms with Crippen LogP contribution in [0.2, 0.25) is 0 Å². The summed E-state index contributed by atoms with van der Waals surface area (Å²) in [5, 5.41) is 7.91. The molecule has 2 saturated heterocycles. The van der Waals surface area contributed by atoms with Crippen LogP contribution >= 0.6 is 0 Å². The molecule has 0 unspecified atom stereocenters. The molecular weight excluding hydrogens is 332 g/mol. The number of carbonyl (C=O) groups excluding carboxylic acids is 3. The van der Waals surface area contributed by atoms with Crippen molar-refractivity contribution in [3.05, 3.63) is 35.4 Å². The molecule has 0 saturated carbocycles. The van der Waals surface area contributed by atoms with Gasteiger partial charge >= 0.3 is 12.1 Å². The van der Waals surface area contributed by atoms with Crippen LogP contribution in [0.25, 0.3) is 0 Å². The molecule has 0 aromatic heterocycles. The average molecular weight is 358 g/mol. The minimum absolute atomic E-state index is 0.122. The van der Waals surface area contributed by atoms with Crippen LogP contribution in [0, 0.1) is 0 Å². The Kier molecular flexibility index (Phi) is 5.15. The minimum atomic E-state index is -0.841. The predicted molar refractivity (Wildman–Crippen MR) is 97.8 cm³/mol. The van der Waals surface area contributed by atoms with E-state index in [2.05, 4.69) is 54.1 Å². The van der Waals surface area contributed by atoms with Gasteiger partial charge in [-0.3, -0.25) is 10.1 Å². The van der Waals surface area contributed by atoms with Crippen molar-refractivity contribution in [3.8, 4) is 0 Å². The van der Waals surface area contributed by atoms with Gasteiger partial charge in [0.15, 0.2) is 0 Å². The van der Waals surface area contributed by atoms with E-state index in [4.69, 9.17) is 0 Å². The Morgan fingerprint density at radius 3 is 2.38 bits per heavy atom. The highest BCUT2D eigenvalue weighted by Gasteiger charge is 2.48. The summed E-state index contributed by atoms with van der Waals surface area (Å²) in [5.74, 6) is 0.227. The van der Waals surface area contributed by atoms with Crippen LogP contribution < -0.4 is 16.0 Å². The van der Waals surface area contributed by atoms with E-state index in [-0.39, 0.29) is 11.9 Å². The molecule has 2 fully saturated rings. The Morgan fingerprint density at radius 1 is 1.19 bits per heavy atom. The van der Waals surface area contributed by atoms with E-state index >= 15 is 0 Å². The van der Waals surface area contributed by atoms with Crippen LogP contribution in [0.15, 0.2) is 24.3 Å². The molecule has 2 aliphatic rings. The fourth-order valence-electron chi connectivity index (χ4n) is 3.47. The third-order valence-corrected chi connectivity index (χ3v) is 5.26. The van der Waals surface area contributed by atoms with Gasteiger partial charge in [0.05, 0.1) is 0 Å². The van der Waals surface area contributed by atoms with Crippen molar-refractivity contribution in [1.29, 1.82) is 0 Å². The third-order valence-electron chi connectivity index (χ3n) is 5.26. The zero-order valence-corrected chi connectivity index (χ0v) is 15.3. The van der Waals surface area contributed by atoms with Gasteiger partial charge in [-0.05, 0) is 36.3 Å². The number of hydrogen-bond donors (Lipinski definition) is 3. The van der Waals surface area contributed by atoms with Crippen LogP contribution in [0.1, 0.15) is 43.7 Å². The van der Waals surface area contributed by atoms with Crippen LogP contribution in [0.5, 0.6) is 0 Å². The van der Waals surface area contributed by atoms with Crippen molar-refractivity contribution >= 4 is 18.0 Å². The first-order valence-corrected chi connectivity index (χ1v) is 9.15. The molecule has 26 heavy (non-hydrogen) atoms. The molecule has 0 radical (unpaired) electrons. The standard InChI is InChI=1S/C19H26N4O3/c1-13(2)15-5-3-14(4-6-15)7-10-20-18(26)23-11-8-19(9-12-23)16(24)21-17(25)22-19/h3-6,13H,7-12H2,1-2H3,(H,20,26)(H2,21,22,24,25). The maximum Gasteiger partial charge on any atom is 0.322 e. The summed E-state index contributed by atoms with van der Waals surface area (Å²) in [6, 6.07) is 7.90. The summed E-state index contributed by atoms with van der Waals surface area (Å²) >= 11 is 0. The molecule has 7 nitrogen and oxygen atoms in total. The molecular formula is C19H26N4O3. The lowest BCUT2D eigenvalue weighted by Gasteiger charge is -2.36. The summed E-state index contributed by atoms with van der Waals surface area (Å²) in [6.07, 6.45) is 1.66. The molecule has 0 aliphatic carbocycles. The van der Waals surface area contributed by atoms with Gasteiger partial charge in [-0.1, -0.05) is 38.1 Å². The van der Waals surface area contributed by atoms with Gasteiger partial charge < -0.3 is 15.5 Å². The SMILES string of the molecule is CC(C)c1ccc(CCNC(=O)N2CCC3(CC2)NC(=O)NC3=O)cc1. The Hall–Kier alpha value is -2.57. The molecule has 3 N–H and O–H groups in total. The number of hydrogen-bond acceptors (Lipinski definition) is 3. The lowest BCUT2D eigenvalue weighted by Crippen LogP contribution is -2.57. The summed E-state index contributed by atoms with van der Waals surface area (Å²) < 4.78 is 0. The molecule has 0 atom stereocenters. The highest BCUT2D eigenvalue weighted by molar-refractivity contribution is 6.07. The van der Waals surface area contributed by atoms with Crippen molar-refractivity contribution in [2.75, 3.05) is 19.6 Å². The Bertz CT molecular complexity index is 691. The van der Waals surface area contributed by atoms with Crippen molar-refractivity contribution < 1.29 is 14.4 Å². The van der Waals surface area contributed by atoms with Gasteiger partial charge in [-0.15, -0.1) is 0 Å². The number of carbonyl (C=O) groups is 3. The molecule has 5 amide bonds. The number of likely N-dealkylation sites (tertiary alicyclic amines) is 1. The van der Waals surface area contributed by atoms with E-state index in [1.165, 1.54) is 11.1 Å². The molecule has 2 aliphatic heterocycles. The molecule has 2 heterocycles. The van der Waals surface area contributed by atoms with Gasteiger partial charge in [0.1, 0.15) is 5.54 Å². The third kappa shape index (κ3) is 3.81. The number of nitrogens with one attached hydrogen (secondary N) is 3. The molecule has 1 aromatic carbocycles. The average Bonchev–Trinajstić information content (AvgIpc) is 2.89. The van der Waals surface area contributed by atoms with Gasteiger partial charge in [0.25, 0.3) is 5.91 Å². The maximum absolute atomic E-state index is 12.3. The summed E-state index contributed by atoms with van der Waals surface area (Å²) in [4.78, 5) is 37.3. The van der Waals surface area contributed by atoms with Crippen molar-refractivity contribution in [1.82, 2.24) is 20.9 Å². The van der Waals surface area contributed by atoms with Crippen molar-refractivity contribution in [2.24, 2.45) is 0 Å². The van der Waals surface area contributed by atoms with Crippen LogP contribution in [0.3, 0.4) is 0 Å². The normalized spacial score (nSPS) is 18.8. The smallest absolute Gasteiger partial charge is 0.322 e. The number of piperidine rings is 1.